The van der Waals surface area contributed by atoms with Crippen molar-refractivity contribution in [2.24, 2.45) is 11.5 Å². The molecule has 4 N–H and O–H groups in total. The van der Waals surface area contributed by atoms with Crippen LogP contribution in [0.25, 0.3) is 0 Å². The van der Waals surface area contributed by atoms with E-state index in [4.69, 9.17) is 11.5 Å². The lowest BCUT2D eigenvalue weighted by atomic mass is 10.8. The Morgan fingerprint density at radius 1 is 1.18 bits per heavy atom. The van der Waals surface area contributed by atoms with Gasteiger partial charge in [0.1, 0.15) is 0 Å². The van der Waals surface area contributed by atoms with E-state index in [0.717, 1.165) is 24.6 Å². The molecule has 0 unspecified atom stereocenters. The molecule has 0 bridgehead atoms. The van der Waals surface area contributed by atoms with Crippen LogP contribution >= 0.6 is 21.6 Å². The third-order valence-corrected chi connectivity index (χ3v) is 2.96. The maximum absolute atomic E-state index is 5.25. The smallest absolute Gasteiger partial charge is 0.0160 e. The average Bonchev–Trinajstić information content (AvgIpc) is 2.00. The molecule has 0 saturated carbocycles. The SMILES string of the molecule is C=CC.NCCSSCCN. The summed E-state index contributed by atoms with van der Waals surface area (Å²) in [6.45, 7) is 6.78. The van der Waals surface area contributed by atoms with Crippen molar-refractivity contribution in [3.05, 3.63) is 12.7 Å². The standard InChI is InChI=1S/C4H12N2S2.C3H6/c5-1-3-7-8-4-2-6;1-3-2/h1-6H2;3H,1H2,2H3. The Morgan fingerprint density at radius 3 is 1.64 bits per heavy atom. The van der Waals surface area contributed by atoms with E-state index in [-0.39, 0.29) is 0 Å². The number of allylic oxidation sites excluding steroid dienone is 1. The Balaban J connectivity index is 0. The van der Waals surface area contributed by atoms with Crippen LogP contribution < -0.4 is 11.5 Å². The second kappa shape index (κ2) is 16.8. The molecule has 0 aliphatic carbocycles. The molecule has 0 aliphatic heterocycles. The van der Waals surface area contributed by atoms with Crippen LogP contribution in [0.15, 0.2) is 12.7 Å². The highest BCUT2D eigenvalue weighted by Crippen LogP contribution is 2.18. The van der Waals surface area contributed by atoms with Crippen LogP contribution in [0.2, 0.25) is 0 Å². The van der Waals surface area contributed by atoms with Gasteiger partial charge in [-0.25, -0.2) is 0 Å². The number of nitrogens with two attached hydrogens (primary N) is 2. The molecule has 0 heterocycles. The van der Waals surface area contributed by atoms with Crippen LogP contribution in [-0.4, -0.2) is 24.6 Å². The molecule has 0 amide bonds. The zero-order chi connectivity index (χ0) is 8.95. The fourth-order valence-electron chi connectivity index (χ4n) is 0.214. The van der Waals surface area contributed by atoms with E-state index in [1.54, 1.807) is 27.7 Å². The van der Waals surface area contributed by atoms with Crippen molar-refractivity contribution in [2.45, 2.75) is 6.92 Å². The van der Waals surface area contributed by atoms with Gasteiger partial charge in [-0.15, -0.1) is 6.58 Å². The first-order chi connectivity index (χ1) is 5.33. The van der Waals surface area contributed by atoms with E-state index < -0.39 is 0 Å². The highest BCUT2D eigenvalue weighted by Gasteiger charge is 1.84. The van der Waals surface area contributed by atoms with Gasteiger partial charge in [-0.05, 0) is 6.92 Å². The summed E-state index contributed by atoms with van der Waals surface area (Å²) in [6, 6.07) is 0. The van der Waals surface area contributed by atoms with Gasteiger partial charge in [0.15, 0.2) is 0 Å². The van der Waals surface area contributed by atoms with Crippen LogP contribution in [0.4, 0.5) is 0 Å². The largest absolute Gasteiger partial charge is 0.330 e. The molecule has 2 nitrogen and oxygen atoms in total. The molecule has 0 atom stereocenters. The van der Waals surface area contributed by atoms with Gasteiger partial charge in [0.25, 0.3) is 0 Å². The minimum absolute atomic E-state index is 0.766. The Bertz CT molecular complexity index is 63.5. The van der Waals surface area contributed by atoms with Crippen LogP contribution in [0.3, 0.4) is 0 Å². The molecule has 0 radical (unpaired) electrons. The highest BCUT2D eigenvalue weighted by molar-refractivity contribution is 8.76. The lowest BCUT2D eigenvalue weighted by Gasteiger charge is -1.93. The van der Waals surface area contributed by atoms with Gasteiger partial charge in [0.05, 0.1) is 0 Å². The minimum Gasteiger partial charge on any atom is -0.330 e. The molecule has 11 heavy (non-hydrogen) atoms. The molecule has 68 valence electrons. The van der Waals surface area contributed by atoms with Gasteiger partial charge in [0.2, 0.25) is 0 Å². The van der Waals surface area contributed by atoms with E-state index in [2.05, 4.69) is 6.58 Å². The lowest BCUT2D eigenvalue weighted by molar-refractivity contribution is 1.15. The van der Waals surface area contributed by atoms with Crippen molar-refractivity contribution in [3.8, 4) is 0 Å². The molecular formula is C7H18N2S2. The van der Waals surface area contributed by atoms with E-state index in [1.807, 2.05) is 6.92 Å². The van der Waals surface area contributed by atoms with Gasteiger partial charge >= 0.3 is 0 Å². The third-order valence-electron chi connectivity index (χ3n) is 0.486. The first-order valence-electron chi connectivity index (χ1n) is 3.55. The number of hydrogen-bond donors (Lipinski definition) is 2. The average molecular weight is 194 g/mol. The molecule has 0 aromatic heterocycles. The predicted octanol–water partition coefficient (Wildman–Crippen LogP) is 1.48. The topological polar surface area (TPSA) is 52.0 Å². The number of rotatable bonds is 5. The van der Waals surface area contributed by atoms with Crippen molar-refractivity contribution in [3.63, 3.8) is 0 Å². The Kier molecular flexibility index (Phi) is 21.2. The van der Waals surface area contributed by atoms with Gasteiger partial charge in [-0.2, -0.15) is 0 Å². The first-order valence-corrected chi connectivity index (χ1v) is 6.03. The van der Waals surface area contributed by atoms with Crippen LogP contribution in [0, 0.1) is 0 Å². The maximum atomic E-state index is 5.25. The van der Waals surface area contributed by atoms with Gasteiger partial charge in [-0.1, -0.05) is 27.7 Å². The van der Waals surface area contributed by atoms with Crippen molar-refractivity contribution in [2.75, 3.05) is 24.6 Å². The summed E-state index contributed by atoms with van der Waals surface area (Å²) in [7, 11) is 3.58. The molecule has 4 heteroatoms. The summed E-state index contributed by atoms with van der Waals surface area (Å²) in [6.07, 6.45) is 1.75. The molecule has 0 rings (SSSR count). The summed E-state index contributed by atoms with van der Waals surface area (Å²) in [5.74, 6) is 2.06. The zero-order valence-corrected chi connectivity index (χ0v) is 8.72. The van der Waals surface area contributed by atoms with Crippen molar-refractivity contribution < 1.29 is 0 Å². The van der Waals surface area contributed by atoms with E-state index in [0.29, 0.717) is 0 Å². The summed E-state index contributed by atoms with van der Waals surface area (Å²) in [5.41, 5.74) is 10.5. The van der Waals surface area contributed by atoms with Crippen molar-refractivity contribution >= 4 is 21.6 Å². The van der Waals surface area contributed by atoms with E-state index in [1.165, 1.54) is 0 Å². The minimum atomic E-state index is 0.766. The summed E-state index contributed by atoms with van der Waals surface area (Å²) in [5, 5.41) is 0. The van der Waals surface area contributed by atoms with Gasteiger partial charge in [0, 0.05) is 24.6 Å². The molecule has 0 aromatic rings. The van der Waals surface area contributed by atoms with Crippen LogP contribution in [0.5, 0.6) is 0 Å². The maximum Gasteiger partial charge on any atom is 0.0160 e. The third kappa shape index (κ3) is 25.2. The van der Waals surface area contributed by atoms with Crippen LogP contribution in [-0.2, 0) is 0 Å². The quantitative estimate of drug-likeness (QED) is 0.395. The molecule has 0 saturated heterocycles. The van der Waals surface area contributed by atoms with Crippen molar-refractivity contribution in [1.82, 2.24) is 0 Å². The van der Waals surface area contributed by atoms with Crippen molar-refractivity contribution in [1.29, 1.82) is 0 Å². The monoisotopic (exact) mass is 194 g/mol. The molecule has 0 spiro atoms. The summed E-state index contributed by atoms with van der Waals surface area (Å²) >= 11 is 0. The highest BCUT2D eigenvalue weighted by atomic mass is 33.1. The fourth-order valence-corrected chi connectivity index (χ4v) is 1.93. The predicted molar refractivity (Wildman–Crippen MR) is 58.9 cm³/mol. The number of hydrogen-bond acceptors (Lipinski definition) is 4. The summed E-state index contributed by atoms with van der Waals surface area (Å²) < 4.78 is 0. The normalized spacial score (nSPS) is 8.27. The van der Waals surface area contributed by atoms with Gasteiger partial charge < -0.3 is 11.5 Å². The fraction of sp³-hybridized carbons (Fsp3) is 0.714. The zero-order valence-electron chi connectivity index (χ0n) is 7.08. The Labute approximate surface area is 77.6 Å². The molecule has 0 aliphatic rings. The Hall–Kier alpha value is 0.360. The first kappa shape index (κ1) is 13.9. The second-order valence-corrected chi connectivity index (χ2v) is 4.33. The Morgan fingerprint density at radius 2 is 1.45 bits per heavy atom. The van der Waals surface area contributed by atoms with E-state index >= 15 is 0 Å². The second-order valence-electron chi connectivity index (χ2n) is 1.63. The molecule has 0 fully saturated rings. The summed E-state index contributed by atoms with van der Waals surface area (Å²) in [4.78, 5) is 0. The molecular weight excluding hydrogens is 176 g/mol. The van der Waals surface area contributed by atoms with Gasteiger partial charge in [-0.3, -0.25) is 0 Å². The lowest BCUT2D eigenvalue weighted by Crippen LogP contribution is -2.02. The van der Waals surface area contributed by atoms with Crippen LogP contribution in [0.1, 0.15) is 6.92 Å². The van der Waals surface area contributed by atoms with E-state index in [9.17, 15) is 0 Å². The molecule has 0 aromatic carbocycles.